The van der Waals surface area contributed by atoms with E-state index in [2.05, 4.69) is 0 Å². The number of nitrogens with two attached hydrogens (primary N) is 1. The number of hydrogen-bond donors (Lipinski definition) is 1. The van der Waals surface area contributed by atoms with E-state index in [1.165, 1.54) is 0 Å². The van der Waals surface area contributed by atoms with Crippen molar-refractivity contribution in [2.45, 2.75) is 63.3 Å². The third kappa shape index (κ3) is 3.87. The molecule has 114 valence electrons. The third-order valence-corrected chi connectivity index (χ3v) is 4.57. The average molecular weight is 304 g/mol. The van der Waals surface area contributed by atoms with Crippen molar-refractivity contribution in [2.24, 2.45) is 11.7 Å². The highest BCUT2D eigenvalue weighted by Crippen LogP contribution is 2.37. The fourth-order valence-electron chi connectivity index (χ4n) is 3.29. The molecule has 1 amide bonds. The number of thiocarbonyl (C=S) groups is 1. The molecule has 0 aromatic carbocycles. The molecule has 3 nitrogen and oxygen atoms in total. The van der Waals surface area contributed by atoms with Crippen LogP contribution in [-0.4, -0.2) is 34.3 Å². The molecule has 0 heterocycles. The summed E-state index contributed by atoms with van der Waals surface area (Å²) in [6.45, 7) is 0.283. The Balaban J connectivity index is 2.00. The first-order valence-corrected chi connectivity index (χ1v) is 7.76. The van der Waals surface area contributed by atoms with Gasteiger partial charge in [-0.1, -0.05) is 25.1 Å². The molecule has 2 saturated carbocycles. The Labute approximate surface area is 123 Å². The van der Waals surface area contributed by atoms with Crippen LogP contribution < -0.4 is 5.73 Å². The number of amides is 1. The first kappa shape index (κ1) is 15.6. The molecule has 2 N–H and O–H groups in total. The lowest BCUT2D eigenvalue weighted by atomic mass is 9.85. The van der Waals surface area contributed by atoms with Crippen molar-refractivity contribution in [3.63, 3.8) is 0 Å². The van der Waals surface area contributed by atoms with Crippen molar-refractivity contribution in [3.05, 3.63) is 0 Å². The lowest BCUT2D eigenvalue weighted by Gasteiger charge is -2.35. The summed E-state index contributed by atoms with van der Waals surface area (Å²) in [6, 6.07) is 0.187. The van der Waals surface area contributed by atoms with E-state index >= 15 is 0 Å². The number of carbonyl (C=O) groups excluding carboxylic acids is 1. The van der Waals surface area contributed by atoms with Crippen LogP contribution in [0.25, 0.3) is 0 Å². The second-order valence-electron chi connectivity index (χ2n) is 6.00. The summed E-state index contributed by atoms with van der Waals surface area (Å²) in [4.78, 5) is 14.6. The van der Waals surface area contributed by atoms with Gasteiger partial charge in [0.05, 0.1) is 11.5 Å². The van der Waals surface area contributed by atoms with Gasteiger partial charge in [0.2, 0.25) is 11.8 Å². The molecule has 6 heteroatoms. The zero-order valence-electron chi connectivity index (χ0n) is 11.6. The number of alkyl halides is 2. The maximum Gasteiger partial charge on any atom is 0.248 e. The van der Waals surface area contributed by atoms with E-state index < -0.39 is 5.92 Å². The Bertz CT molecular complexity index is 373. The van der Waals surface area contributed by atoms with Crippen LogP contribution in [0.2, 0.25) is 0 Å². The molecule has 2 rings (SSSR count). The molecule has 0 atom stereocenters. The van der Waals surface area contributed by atoms with Crippen LogP contribution >= 0.6 is 12.2 Å². The van der Waals surface area contributed by atoms with Gasteiger partial charge in [-0.15, -0.1) is 0 Å². The van der Waals surface area contributed by atoms with Gasteiger partial charge in [-0.3, -0.25) is 4.79 Å². The van der Waals surface area contributed by atoms with Crippen LogP contribution in [0.3, 0.4) is 0 Å². The lowest BCUT2D eigenvalue weighted by Crippen LogP contribution is -2.47. The van der Waals surface area contributed by atoms with E-state index in [1.54, 1.807) is 4.90 Å². The highest BCUT2D eigenvalue weighted by atomic mass is 32.1. The van der Waals surface area contributed by atoms with Gasteiger partial charge in [-0.2, -0.15) is 0 Å². The van der Waals surface area contributed by atoms with E-state index in [0.29, 0.717) is 4.99 Å². The van der Waals surface area contributed by atoms with E-state index in [9.17, 15) is 13.6 Å². The molecule has 0 aromatic rings. The predicted octanol–water partition coefficient (Wildman–Crippen LogP) is 2.87. The lowest BCUT2D eigenvalue weighted by molar-refractivity contribution is -0.141. The number of halogens is 2. The Morgan fingerprint density at radius 2 is 1.75 bits per heavy atom. The van der Waals surface area contributed by atoms with Gasteiger partial charge in [-0.25, -0.2) is 8.78 Å². The van der Waals surface area contributed by atoms with Gasteiger partial charge < -0.3 is 10.6 Å². The summed E-state index contributed by atoms with van der Waals surface area (Å²) in [5.41, 5.74) is 5.59. The highest BCUT2D eigenvalue weighted by molar-refractivity contribution is 7.80. The molecule has 0 spiro atoms. The molecule has 0 aliphatic heterocycles. The Morgan fingerprint density at radius 3 is 2.25 bits per heavy atom. The standard InChI is InChI=1S/C14H22F2N2OS/c15-14(16)7-5-10(6-8-14)13(19)18(9-12(17)20)11-3-1-2-4-11/h10-11H,1-9H2,(H2,17,20). The summed E-state index contributed by atoms with van der Waals surface area (Å²) < 4.78 is 26.4. The molecule has 0 bridgehead atoms. The Kier molecular flexibility index (Phi) is 4.94. The maximum absolute atomic E-state index is 13.2. The number of hydrogen-bond acceptors (Lipinski definition) is 2. The number of nitrogens with zero attached hydrogens (tertiary/aromatic N) is 1. The van der Waals surface area contributed by atoms with Crippen LogP contribution in [0.15, 0.2) is 0 Å². The van der Waals surface area contributed by atoms with Crippen molar-refractivity contribution < 1.29 is 13.6 Å². The van der Waals surface area contributed by atoms with Gasteiger partial charge >= 0.3 is 0 Å². The minimum Gasteiger partial charge on any atom is -0.392 e. The average Bonchev–Trinajstić information content (AvgIpc) is 2.88. The second-order valence-corrected chi connectivity index (χ2v) is 6.53. The Hall–Kier alpha value is -0.780. The zero-order chi connectivity index (χ0) is 14.8. The van der Waals surface area contributed by atoms with Gasteiger partial charge in [0, 0.05) is 24.8 Å². The first-order valence-electron chi connectivity index (χ1n) is 7.36. The monoisotopic (exact) mass is 304 g/mol. The van der Waals surface area contributed by atoms with Crippen LogP contribution in [0, 0.1) is 5.92 Å². The molecule has 2 aliphatic carbocycles. The van der Waals surface area contributed by atoms with Crippen LogP contribution in [-0.2, 0) is 4.79 Å². The first-order chi connectivity index (χ1) is 9.39. The minimum atomic E-state index is -2.60. The third-order valence-electron chi connectivity index (χ3n) is 4.44. The fourth-order valence-corrected chi connectivity index (χ4v) is 3.43. The van der Waals surface area contributed by atoms with Crippen molar-refractivity contribution in [1.29, 1.82) is 0 Å². The summed E-state index contributed by atoms with van der Waals surface area (Å²) in [6.07, 6.45) is 4.32. The van der Waals surface area contributed by atoms with Gasteiger partial charge in [0.1, 0.15) is 0 Å². The SMILES string of the molecule is NC(=S)CN(C(=O)C1CCC(F)(F)CC1)C1CCCC1. The molecule has 2 fully saturated rings. The molecule has 0 unspecified atom stereocenters. The fraction of sp³-hybridized carbons (Fsp3) is 0.857. The largest absolute Gasteiger partial charge is 0.392 e. The Morgan fingerprint density at radius 1 is 1.20 bits per heavy atom. The highest BCUT2D eigenvalue weighted by Gasteiger charge is 2.40. The molecular formula is C14H22F2N2OS. The molecule has 2 aliphatic rings. The minimum absolute atomic E-state index is 0.0276. The van der Waals surface area contributed by atoms with Crippen LogP contribution in [0.4, 0.5) is 8.78 Å². The summed E-state index contributed by atoms with van der Waals surface area (Å²) in [7, 11) is 0. The maximum atomic E-state index is 13.2. The van der Waals surface area contributed by atoms with E-state index in [0.717, 1.165) is 25.7 Å². The summed E-state index contributed by atoms with van der Waals surface area (Å²) in [5.74, 6) is -2.91. The van der Waals surface area contributed by atoms with Crippen LogP contribution in [0.1, 0.15) is 51.4 Å². The van der Waals surface area contributed by atoms with Crippen molar-refractivity contribution >= 4 is 23.1 Å². The van der Waals surface area contributed by atoms with E-state index in [-0.39, 0.29) is 50.1 Å². The molecule has 0 radical (unpaired) electrons. The van der Waals surface area contributed by atoms with Gasteiger partial charge in [0.25, 0.3) is 0 Å². The molecule has 20 heavy (non-hydrogen) atoms. The summed E-state index contributed by atoms with van der Waals surface area (Å²) >= 11 is 4.93. The van der Waals surface area contributed by atoms with E-state index in [4.69, 9.17) is 18.0 Å². The zero-order valence-corrected chi connectivity index (χ0v) is 12.4. The topological polar surface area (TPSA) is 46.3 Å². The summed E-state index contributed by atoms with van der Waals surface area (Å²) in [5, 5.41) is 0. The van der Waals surface area contributed by atoms with Crippen molar-refractivity contribution in [2.75, 3.05) is 6.54 Å². The normalized spacial score (nSPS) is 23.7. The number of rotatable bonds is 4. The van der Waals surface area contributed by atoms with E-state index in [1.807, 2.05) is 0 Å². The predicted molar refractivity (Wildman–Crippen MR) is 77.7 cm³/mol. The van der Waals surface area contributed by atoms with Crippen LogP contribution in [0.5, 0.6) is 0 Å². The quantitative estimate of drug-likeness (QED) is 0.812. The number of carbonyl (C=O) groups is 1. The van der Waals surface area contributed by atoms with Gasteiger partial charge in [-0.05, 0) is 25.7 Å². The molecular weight excluding hydrogens is 282 g/mol. The van der Waals surface area contributed by atoms with Crippen molar-refractivity contribution in [3.8, 4) is 0 Å². The molecule has 0 aromatic heterocycles. The second kappa shape index (κ2) is 6.33. The van der Waals surface area contributed by atoms with Gasteiger partial charge in [0.15, 0.2) is 0 Å². The van der Waals surface area contributed by atoms with Crippen molar-refractivity contribution in [1.82, 2.24) is 4.90 Å². The molecule has 0 saturated heterocycles. The smallest absolute Gasteiger partial charge is 0.248 e.